The fourth-order valence-corrected chi connectivity index (χ4v) is 3.85. The van der Waals surface area contributed by atoms with Crippen LogP contribution in [0.2, 0.25) is 0 Å². The van der Waals surface area contributed by atoms with Gasteiger partial charge in [-0.1, -0.05) is 0 Å². The van der Waals surface area contributed by atoms with Crippen LogP contribution in [-0.2, 0) is 0 Å². The molecule has 1 fully saturated rings. The van der Waals surface area contributed by atoms with E-state index in [2.05, 4.69) is 20.1 Å². The SMILES string of the molecule is COc1ncc(-c2cc([C@H]3C[C@@H]3c3cc(F)cc(F)c3F)c3nccn3n2)c(OC)n1. The molecule has 0 bridgehead atoms. The lowest BCUT2D eigenvalue weighted by Gasteiger charge is -2.11. The second kappa shape index (κ2) is 7.22. The highest BCUT2D eigenvalue weighted by Gasteiger charge is 2.43. The maximum absolute atomic E-state index is 14.3. The van der Waals surface area contributed by atoms with Gasteiger partial charge in [-0.2, -0.15) is 10.1 Å². The molecule has 5 rings (SSSR count). The molecule has 3 heterocycles. The van der Waals surface area contributed by atoms with Gasteiger partial charge in [-0.3, -0.25) is 0 Å². The summed E-state index contributed by atoms with van der Waals surface area (Å²) in [6, 6.07) is 3.54. The average molecular weight is 427 g/mol. The largest absolute Gasteiger partial charge is 0.480 e. The Kier molecular flexibility index (Phi) is 4.49. The zero-order valence-electron chi connectivity index (χ0n) is 16.5. The number of nitrogens with zero attached hydrogens (tertiary/aromatic N) is 5. The van der Waals surface area contributed by atoms with Crippen LogP contribution in [0.3, 0.4) is 0 Å². The normalized spacial score (nSPS) is 17.7. The molecule has 0 aliphatic heterocycles. The van der Waals surface area contributed by atoms with Gasteiger partial charge in [0.2, 0.25) is 5.88 Å². The predicted molar refractivity (Wildman–Crippen MR) is 104 cm³/mol. The molecular formula is C21H16F3N5O2. The van der Waals surface area contributed by atoms with Gasteiger partial charge in [0.05, 0.1) is 25.5 Å². The third kappa shape index (κ3) is 3.24. The molecule has 0 N–H and O–H groups in total. The van der Waals surface area contributed by atoms with Crippen LogP contribution in [0.4, 0.5) is 13.2 Å². The Morgan fingerprint density at radius 1 is 1.00 bits per heavy atom. The van der Waals surface area contributed by atoms with Crippen LogP contribution in [0, 0.1) is 17.5 Å². The molecule has 1 aromatic carbocycles. The molecule has 0 spiro atoms. The molecule has 0 saturated heterocycles. The van der Waals surface area contributed by atoms with E-state index in [4.69, 9.17) is 9.47 Å². The van der Waals surface area contributed by atoms with E-state index in [1.54, 1.807) is 23.0 Å². The van der Waals surface area contributed by atoms with E-state index < -0.39 is 17.5 Å². The minimum absolute atomic E-state index is 0.0240. The van der Waals surface area contributed by atoms with Crippen molar-refractivity contribution in [3.63, 3.8) is 0 Å². The Balaban J connectivity index is 1.60. The Bertz CT molecular complexity index is 1310. The molecular weight excluding hydrogens is 411 g/mol. The second-order valence-corrected chi connectivity index (χ2v) is 7.20. The monoisotopic (exact) mass is 427 g/mol. The van der Waals surface area contributed by atoms with Gasteiger partial charge in [0, 0.05) is 30.2 Å². The van der Waals surface area contributed by atoms with E-state index in [0.29, 0.717) is 29.4 Å². The fraction of sp³-hybridized carbons (Fsp3) is 0.238. The van der Waals surface area contributed by atoms with Gasteiger partial charge in [0.25, 0.3) is 0 Å². The number of benzene rings is 1. The molecule has 158 valence electrons. The molecule has 1 saturated carbocycles. The Morgan fingerprint density at radius 2 is 1.81 bits per heavy atom. The first-order chi connectivity index (χ1) is 15.0. The summed E-state index contributed by atoms with van der Waals surface area (Å²) in [6.07, 6.45) is 5.34. The van der Waals surface area contributed by atoms with Crippen molar-refractivity contribution >= 4 is 5.65 Å². The lowest BCUT2D eigenvalue weighted by atomic mass is 10.0. The number of rotatable bonds is 5. The summed E-state index contributed by atoms with van der Waals surface area (Å²) in [5, 5.41) is 4.54. The average Bonchev–Trinajstić information content (AvgIpc) is 3.42. The van der Waals surface area contributed by atoms with E-state index in [1.165, 1.54) is 20.4 Å². The van der Waals surface area contributed by atoms with Gasteiger partial charge >= 0.3 is 6.01 Å². The lowest BCUT2D eigenvalue weighted by Crippen LogP contribution is -2.03. The number of ether oxygens (including phenoxy) is 2. The van der Waals surface area contributed by atoms with Gasteiger partial charge in [-0.25, -0.2) is 27.7 Å². The Labute approximate surface area is 174 Å². The maximum atomic E-state index is 14.3. The van der Waals surface area contributed by atoms with Gasteiger partial charge in [-0.05, 0) is 36.0 Å². The third-order valence-electron chi connectivity index (χ3n) is 5.38. The highest BCUT2D eigenvalue weighted by Crippen LogP contribution is 2.56. The molecule has 31 heavy (non-hydrogen) atoms. The number of imidazole rings is 1. The van der Waals surface area contributed by atoms with Crippen LogP contribution in [-0.4, -0.2) is 38.8 Å². The van der Waals surface area contributed by atoms with Crippen LogP contribution >= 0.6 is 0 Å². The predicted octanol–water partition coefficient (Wildman–Crippen LogP) is 3.89. The molecule has 0 amide bonds. The Hall–Kier alpha value is -3.69. The van der Waals surface area contributed by atoms with E-state index in [1.807, 2.05) is 0 Å². The van der Waals surface area contributed by atoms with E-state index in [-0.39, 0.29) is 29.3 Å². The highest BCUT2D eigenvalue weighted by molar-refractivity contribution is 5.68. The fourth-order valence-electron chi connectivity index (χ4n) is 3.85. The maximum Gasteiger partial charge on any atom is 0.319 e. The van der Waals surface area contributed by atoms with Crippen molar-refractivity contribution in [2.24, 2.45) is 0 Å². The van der Waals surface area contributed by atoms with Gasteiger partial charge in [-0.15, -0.1) is 0 Å². The molecule has 1 aliphatic rings. The van der Waals surface area contributed by atoms with Crippen molar-refractivity contribution in [2.45, 2.75) is 18.3 Å². The molecule has 0 radical (unpaired) electrons. The van der Waals surface area contributed by atoms with Crippen LogP contribution in [0.25, 0.3) is 16.9 Å². The summed E-state index contributed by atoms with van der Waals surface area (Å²) in [7, 11) is 2.92. The second-order valence-electron chi connectivity index (χ2n) is 7.20. The first-order valence-electron chi connectivity index (χ1n) is 9.44. The van der Waals surface area contributed by atoms with Gasteiger partial charge in [0.1, 0.15) is 5.82 Å². The van der Waals surface area contributed by atoms with Crippen LogP contribution < -0.4 is 9.47 Å². The van der Waals surface area contributed by atoms with Crippen molar-refractivity contribution in [2.75, 3.05) is 14.2 Å². The summed E-state index contributed by atoms with van der Waals surface area (Å²) < 4.78 is 53.7. The first-order valence-corrected chi connectivity index (χ1v) is 9.44. The standard InChI is InChI=1S/C21H16F3N5O2/c1-30-20-15(9-26-21(27-20)31-2)17-8-14(19-25-3-4-29(19)28-17)12-7-11(12)13-5-10(22)6-16(23)18(13)24/h3-6,8-9,11-12H,7H2,1-2H3/t11-,12-/m0/s1. The molecule has 2 atom stereocenters. The molecule has 7 nitrogen and oxygen atoms in total. The quantitative estimate of drug-likeness (QED) is 0.450. The van der Waals surface area contributed by atoms with Crippen molar-refractivity contribution in [1.82, 2.24) is 24.6 Å². The highest BCUT2D eigenvalue weighted by atomic mass is 19.2. The van der Waals surface area contributed by atoms with E-state index in [9.17, 15) is 13.2 Å². The molecule has 0 unspecified atom stereocenters. The zero-order valence-corrected chi connectivity index (χ0v) is 16.5. The summed E-state index contributed by atoms with van der Waals surface area (Å²) in [5.41, 5.74) is 2.43. The van der Waals surface area contributed by atoms with Crippen molar-refractivity contribution < 1.29 is 22.6 Å². The summed E-state index contributed by atoms with van der Waals surface area (Å²) in [5.74, 6) is -3.28. The summed E-state index contributed by atoms with van der Waals surface area (Å²) in [4.78, 5) is 12.7. The number of hydrogen-bond donors (Lipinski definition) is 0. The van der Waals surface area contributed by atoms with Crippen molar-refractivity contribution in [3.8, 4) is 23.1 Å². The van der Waals surface area contributed by atoms with Crippen molar-refractivity contribution in [1.29, 1.82) is 0 Å². The smallest absolute Gasteiger partial charge is 0.319 e. The summed E-state index contributed by atoms with van der Waals surface area (Å²) in [6.45, 7) is 0. The van der Waals surface area contributed by atoms with Crippen LogP contribution in [0.5, 0.6) is 11.9 Å². The minimum atomic E-state index is -1.19. The number of aromatic nitrogens is 5. The number of methoxy groups -OCH3 is 2. The number of hydrogen-bond acceptors (Lipinski definition) is 6. The topological polar surface area (TPSA) is 74.4 Å². The molecule has 1 aliphatic carbocycles. The zero-order chi connectivity index (χ0) is 21.7. The molecule has 3 aromatic heterocycles. The van der Waals surface area contributed by atoms with Gasteiger partial charge < -0.3 is 9.47 Å². The van der Waals surface area contributed by atoms with Gasteiger partial charge in [0.15, 0.2) is 17.3 Å². The molecule has 10 heteroatoms. The minimum Gasteiger partial charge on any atom is -0.480 e. The molecule has 4 aromatic rings. The first kappa shape index (κ1) is 19.3. The van der Waals surface area contributed by atoms with Crippen LogP contribution in [0.15, 0.2) is 36.8 Å². The number of halogens is 3. The van der Waals surface area contributed by atoms with Crippen molar-refractivity contribution in [3.05, 3.63) is 65.4 Å². The third-order valence-corrected chi connectivity index (χ3v) is 5.38. The summed E-state index contributed by atoms with van der Waals surface area (Å²) >= 11 is 0. The Morgan fingerprint density at radius 3 is 2.58 bits per heavy atom. The van der Waals surface area contributed by atoms with E-state index >= 15 is 0 Å². The lowest BCUT2D eigenvalue weighted by molar-refractivity contribution is 0.353. The van der Waals surface area contributed by atoms with E-state index in [0.717, 1.165) is 11.6 Å². The van der Waals surface area contributed by atoms with Crippen LogP contribution in [0.1, 0.15) is 29.4 Å². The number of fused-ring (bicyclic) bond motifs is 1.